The zero-order chi connectivity index (χ0) is 11.1. The van der Waals surface area contributed by atoms with Gasteiger partial charge in [-0.3, -0.25) is 4.79 Å². The van der Waals surface area contributed by atoms with Gasteiger partial charge < -0.3 is 0 Å². The van der Waals surface area contributed by atoms with Crippen molar-refractivity contribution in [3.63, 3.8) is 0 Å². The molecule has 0 radical (unpaired) electrons. The van der Waals surface area contributed by atoms with Crippen LogP contribution in [0.25, 0.3) is 0 Å². The minimum Gasteiger partial charge on any atom is -0.294 e. The summed E-state index contributed by atoms with van der Waals surface area (Å²) >= 11 is 5.03. The Hall–Kier alpha value is -0.150. The van der Waals surface area contributed by atoms with E-state index in [9.17, 15) is 4.79 Å². The topological polar surface area (TPSA) is 17.1 Å². The summed E-state index contributed by atoms with van der Waals surface area (Å²) in [5, 5.41) is 3.94. The van der Waals surface area contributed by atoms with E-state index in [-0.39, 0.29) is 11.3 Å². The Morgan fingerprint density at radius 3 is 2.73 bits per heavy atom. The van der Waals surface area contributed by atoms with E-state index >= 15 is 0 Å². The zero-order valence-electron chi connectivity index (χ0n) is 9.05. The molecule has 82 valence electrons. The van der Waals surface area contributed by atoms with E-state index in [1.165, 1.54) is 12.8 Å². The van der Waals surface area contributed by atoms with Gasteiger partial charge in [-0.2, -0.15) is 11.3 Å². The van der Waals surface area contributed by atoms with Crippen LogP contribution in [0.1, 0.15) is 43.5 Å². The third kappa shape index (κ3) is 2.04. The van der Waals surface area contributed by atoms with Crippen molar-refractivity contribution in [2.24, 2.45) is 11.3 Å². The molecule has 1 atom stereocenters. The number of hydrogen-bond acceptors (Lipinski definition) is 2. The zero-order valence-corrected chi connectivity index (χ0v) is 11.5. The standard InChI is InChI=1S/C12H15BrOS/c1-12(2)5-3-4-9(12)11(14)8-6-15-7-10(8)13/h6-7,9H,3-5H2,1-2H3. The van der Waals surface area contributed by atoms with Gasteiger partial charge in [0, 0.05) is 26.7 Å². The van der Waals surface area contributed by atoms with Crippen LogP contribution >= 0.6 is 27.3 Å². The summed E-state index contributed by atoms with van der Waals surface area (Å²) in [7, 11) is 0. The first-order valence-corrected chi connectivity index (χ1v) is 7.02. The third-order valence-corrected chi connectivity index (χ3v) is 5.16. The first kappa shape index (κ1) is 11.3. The van der Waals surface area contributed by atoms with Crippen LogP contribution in [-0.4, -0.2) is 5.78 Å². The molecule has 1 unspecified atom stereocenters. The molecular weight excluding hydrogens is 272 g/mol. The van der Waals surface area contributed by atoms with E-state index in [1.807, 2.05) is 10.8 Å². The second-order valence-electron chi connectivity index (χ2n) is 4.93. The molecule has 1 nitrogen and oxygen atoms in total. The fourth-order valence-electron chi connectivity index (χ4n) is 2.46. The van der Waals surface area contributed by atoms with Crippen molar-refractivity contribution < 1.29 is 4.79 Å². The molecule has 1 aromatic rings. The van der Waals surface area contributed by atoms with Crippen molar-refractivity contribution >= 4 is 33.0 Å². The first-order chi connectivity index (χ1) is 7.02. The quantitative estimate of drug-likeness (QED) is 0.731. The van der Waals surface area contributed by atoms with Crippen LogP contribution in [0.15, 0.2) is 15.2 Å². The summed E-state index contributed by atoms with van der Waals surface area (Å²) in [5.74, 6) is 0.536. The number of carbonyl (C=O) groups is 1. The Balaban J connectivity index is 2.26. The van der Waals surface area contributed by atoms with E-state index in [0.29, 0.717) is 5.78 Å². The Bertz CT molecular complexity index is 381. The van der Waals surface area contributed by atoms with Crippen molar-refractivity contribution in [2.75, 3.05) is 0 Å². The van der Waals surface area contributed by atoms with Gasteiger partial charge in [0.2, 0.25) is 0 Å². The van der Waals surface area contributed by atoms with Gasteiger partial charge in [-0.25, -0.2) is 0 Å². The maximum absolute atomic E-state index is 12.3. The molecule has 2 rings (SSSR count). The number of hydrogen-bond donors (Lipinski definition) is 0. The van der Waals surface area contributed by atoms with Crippen LogP contribution in [0.2, 0.25) is 0 Å². The highest BCUT2D eigenvalue weighted by Crippen LogP contribution is 2.45. The molecule has 0 bridgehead atoms. The van der Waals surface area contributed by atoms with E-state index in [2.05, 4.69) is 29.8 Å². The van der Waals surface area contributed by atoms with E-state index in [0.717, 1.165) is 16.5 Å². The van der Waals surface area contributed by atoms with Crippen LogP contribution in [0, 0.1) is 11.3 Å². The molecule has 1 aromatic heterocycles. The van der Waals surface area contributed by atoms with Gasteiger partial charge in [-0.15, -0.1) is 0 Å². The summed E-state index contributed by atoms with van der Waals surface area (Å²) in [5.41, 5.74) is 1.05. The molecule has 15 heavy (non-hydrogen) atoms. The minimum atomic E-state index is 0.179. The largest absolute Gasteiger partial charge is 0.294 e. The van der Waals surface area contributed by atoms with Gasteiger partial charge in [-0.1, -0.05) is 20.3 Å². The normalized spacial score (nSPS) is 24.3. The minimum absolute atomic E-state index is 0.179. The summed E-state index contributed by atoms with van der Waals surface area (Å²) in [6.07, 6.45) is 3.41. The van der Waals surface area contributed by atoms with Gasteiger partial charge in [0.1, 0.15) is 0 Å². The van der Waals surface area contributed by atoms with Crippen molar-refractivity contribution in [3.05, 3.63) is 20.8 Å². The second-order valence-corrected chi connectivity index (χ2v) is 6.53. The smallest absolute Gasteiger partial charge is 0.168 e. The molecule has 1 heterocycles. The summed E-state index contributed by atoms with van der Waals surface area (Å²) in [6, 6.07) is 0. The summed E-state index contributed by atoms with van der Waals surface area (Å²) in [6.45, 7) is 4.42. The van der Waals surface area contributed by atoms with Gasteiger partial charge in [0.05, 0.1) is 0 Å². The number of rotatable bonds is 2. The highest BCUT2D eigenvalue weighted by Gasteiger charge is 2.39. The highest BCUT2D eigenvalue weighted by atomic mass is 79.9. The van der Waals surface area contributed by atoms with E-state index in [4.69, 9.17) is 0 Å². The average Bonchev–Trinajstić information content (AvgIpc) is 2.70. The number of Topliss-reactive ketones (excluding diaryl/α,β-unsaturated/α-hetero) is 1. The lowest BCUT2D eigenvalue weighted by molar-refractivity contribution is 0.0839. The molecule has 3 heteroatoms. The molecule has 0 N–H and O–H groups in total. The van der Waals surface area contributed by atoms with Gasteiger partial charge >= 0.3 is 0 Å². The predicted molar refractivity (Wildman–Crippen MR) is 67.5 cm³/mol. The lowest BCUT2D eigenvalue weighted by atomic mass is 9.78. The van der Waals surface area contributed by atoms with Crippen LogP contribution in [0.4, 0.5) is 0 Å². The van der Waals surface area contributed by atoms with Gasteiger partial charge in [0.25, 0.3) is 0 Å². The fraction of sp³-hybridized carbons (Fsp3) is 0.583. The van der Waals surface area contributed by atoms with Crippen LogP contribution < -0.4 is 0 Å². The predicted octanol–water partition coefficient (Wildman–Crippen LogP) is 4.52. The number of halogens is 1. The fourth-order valence-corrected chi connectivity index (χ4v) is 3.94. The van der Waals surface area contributed by atoms with Crippen molar-refractivity contribution in [3.8, 4) is 0 Å². The van der Waals surface area contributed by atoms with Gasteiger partial charge in [0.15, 0.2) is 5.78 Å². The molecule has 1 saturated carbocycles. The number of ketones is 1. The number of thiophene rings is 1. The van der Waals surface area contributed by atoms with Gasteiger partial charge in [-0.05, 0) is 34.2 Å². The molecule has 0 aliphatic heterocycles. The van der Waals surface area contributed by atoms with Crippen molar-refractivity contribution in [1.29, 1.82) is 0 Å². The molecular formula is C12H15BrOS. The summed E-state index contributed by atoms with van der Waals surface area (Å²) < 4.78 is 0.959. The molecule has 1 aliphatic carbocycles. The molecule has 1 aliphatic rings. The third-order valence-electron chi connectivity index (χ3n) is 3.45. The monoisotopic (exact) mass is 286 g/mol. The highest BCUT2D eigenvalue weighted by molar-refractivity contribution is 9.10. The molecule has 1 fully saturated rings. The van der Waals surface area contributed by atoms with Crippen LogP contribution in [-0.2, 0) is 0 Å². The number of carbonyl (C=O) groups excluding carboxylic acids is 1. The maximum atomic E-state index is 12.3. The Morgan fingerprint density at radius 1 is 1.53 bits per heavy atom. The van der Waals surface area contributed by atoms with Crippen LogP contribution in [0.5, 0.6) is 0 Å². The maximum Gasteiger partial charge on any atom is 0.168 e. The Kier molecular flexibility index (Phi) is 3.04. The molecule has 0 saturated heterocycles. The van der Waals surface area contributed by atoms with Crippen LogP contribution in [0.3, 0.4) is 0 Å². The van der Waals surface area contributed by atoms with Crippen molar-refractivity contribution in [2.45, 2.75) is 33.1 Å². The summed E-state index contributed by atoms with van der Waals surface area (Å²) in [4.78, 5) is 12.3. The SMILES string of the molecule is CC1(C)CCCC1C(=O)c1cscc1Br. The lowest BCUT2D eigenvalue weighted by Crippen LogP contribution is -2.25. The second kappa shape index (κ2) is 4.02. The molecule has 0 amide bonds. The van der Waals surface area contributed by atoms with Crippen molar-refractivity contribution in [1.82, 2.24) is 0 Å². The Labute approximate surface area is 103 Å². The van der Waals surface area contributed by atoms with E-state index < -0.39 is 0 Å². The molecule has 0 spiro atoms. The first-order valence-electron chi connectivity index (χ1n) is 5.28. The molecule has 0 aromatic carbocycles. The average molecular weight is 287 g/mol. The van der Waals surface area contributed by atoms with E-state index in [1.54, 1.807) is 11.3 Å². The Morgan fingerprint density at radius 2 is 2.27 bits per heavy atom. The lowest BCUT2D eigenvalue weighted by Gasteiger charge is -2.25.